The number of benzene rings is 7. The summed E-state index contributed by atoms with van der Waals surface area (Å²) in [5, 5.41) is 0. The molecule has 4 aliphatic rings. The first-order chi connectivity index (χ1) is 28.2. The van der Waals surface area contributed by atoms with Crippen LogP contribution in [0.5, 0.6) is 0 Å². The van der Waals surface area contributed by atoms with E-state index in [-0.39, 0.29) is 10.8 Å². The maximum absolute atomic E-state index is 2.49. The first kappa shape index (κ1) is 34.4. The molecule has 0 heterocycles. The van der Waals surface area contributed by atoms with Gasteiger partial charge < -0.3 is 9.80 Å². The molecule has 0 amide bonds. The van der Waals surface area contributed by atoms with Crippen LogP contribution in [0.1, 0.15) is 80.0 Å². The molecule has 0 aliphatic heterocycles. The Bertz CT molecular complexity index is 2460. The van der Waals surface area contributed by atoms with Gasteiger partial charge in [0.1, 0.15) is 0 Å². The average Bonchev–Trinajstić information content (AvgIpc) is 3.98. The third-order valence-corrected chi connectivity index (χ3v) is 14.4. The zero-order valence-corrected chi connectivity index (χ0v) is 32.7. The molecule has 2 nitrogen and oxygen atoms in total. The third-order valence-electron chi connectivity index (χ3n) is 14.4. The van der Waals surface area contributed by atoms with Gasteiger partial charge in [0.05, 0.1) is 0 Å². The van der Waals surface area contributed by atoms with E-state index in [1.807, 2.05) is 0 Å². The Morgan fingerprint density at radius 2 is 0.877 bits per heavy atom. The molecule has 0 N–H and O–H groups in total. The van der Waals surface area contributed by atoms with Gasteiger partial charge in [0.25, 0.3) is 0 Å². The van der Waals surface area contributed by atoms with Crippen LogP contribution in [-0.2, 0) is 10.8 Å². The van der Waals surface area contributed by atoms with Crippen LogP contribution in [0.2, 0.25) is 0 Å². The molecule has 3 saturated carbocycles. The summed E-state index contributed by atoms with van der Waals surface area (Å²) in [5.41, 5.74) is 16.2. The van der Waals surface area contributed by atoms with Crippen molar-refractivity contribution < 1.29 is 0 Å². The van der Waals surface area contributed by atoms with E-state index in [1.54, 1.807) is 5.56 Å². The monoisotopic (exact) mass is 738 g/mol. The Hall–Kier alpha value is -5.86. The smallest absolute Gasteiger partial charge is 0.0468 e. The maximum atomic E-state index is 2.49. The van der Waals surface area contributed by atoms with Gasteiger partial charge >= 0.3 is 0 Å². The van der Waals surface area contributed by atoms with Crippen molar-refractivity contribution in [1.82, 2.24) is 0 Å². The van der Waals surface area contributed by atoms with E-state index in [9.17, 15) is 0 Å². The molecule has 3 unspecified atom stereocenters. The first-order valence-corrected chi connectivity index (χ1v) is 21.4. The van der Waals surface area contributed by atoms with E-state index in [1.165, 1.54) is 120 Å². The number of para-hydroxylation sites is 3. The molecule has 1 spiro atoms. The number of nitrogens with zero attached hydrogens (tertiary/aromatic N) is 2. The van der Waals surface area contributed by atoms with Crippen LogP contribution in [0.25, 0.3) is 11.1 Å². The second-order valence-electron chi connectivity index (χ2n) is 17.2. The van der Waals surface area contributed by atoms with Gasteiger partial charge in [-0.25, -0.2) is 0 Å². The van der Waals surface area contributed by atoms with Crippen molar-refractivity contribution in [3.63, 3.8) is 0 Å². The van der Waals surface area contributed by atoms with E-state index in [2.05, 4.69) is 192 Å². The zero-order valence-electron chi connectivity index (χ0n) is 32.7. The van der Waals surface area contributed by atoms with Crippen LogP contribution in [0.3, 0.4) is 0 Å². The van der Waals surface area contributed by atoms with Crippen molar-refractivity contribution in [3.05, 3.63) is 204 Å². The van der Waals surface area contributed by atoms with Crippen LogP contribution in [-0.4, -0.2) is 0 Å². The van der Waals surface area contributed by atoms with Crippen molar-refractivity contribution in [2.75, 3.05) is 9.80 Å². The molecule has 7 aromatic carbocycles. The summed E-state index contributed by atoms with van der Waals surface area (Å²) in [7, 11) is 0. The van der Waals surface area contributed by atoms with Crippen molar-refractivity contribution >= 4 is 34.1 Å². The predicted octanol–water partition coefficient (Wildman–Crippen LogP) is 15.0. The van der Waals surface area contributed by atoms with Crippen molar-refractivity contribution in [2.45, 2.75) is 68.6 Å². The lowest BCUT2D eigenvalue weighted by atomic mass is 9.64. The Balaban J connectivity index is 0.977. The zero-order chi connectivity index (χ0) is 37.8. The summed E-state index contributed by atoms with van der Waals surface area (Å²) >= 11 is 0. The summed E-state index contributed by atoms with van der Waals surface area (Å²) in [6, 6.07) is 68.5. The molecule has 0 aromatic heterocycles. The summed E-state index contributed by atoms with van der Waals surface area (Å²) < 4.78 is 0. The average molecular weight is 739 g/mol. The molecule has 0 saturated heterocycles. The number of hydrogen-bond acceptors (Lipinski definition) is 2. The normalized spacial score (nSPS) is 21.3. The van der Waals surface area contributed by atoms with Crippen molar-refractivity contribution in [2.24, 2.45) is 11.8 Å². The van der Waals surface area contributed by atoms with E-state index in [0.29, 0.717) is 5.92 Å². The third kappa shape index (κ3) is 5.59. The summed E-state index contributed by atoms with van der Waals surface area (Å²) in [6.07, 6.45) is 11.7. The molecule has 57 heavy (non-hydrogen) atoms. The molecule has 0 radical (unpaired) electrons. The fourth-order valence-corrected chi connectivity index (χ4v) is 11.9. The van der Waals surface area contributed by atoms with Gasteiger partial charge in [0.15, 0.2) is 0 Å². The van der Waals surface area contributed by atoms with Gasteiger partial charge in [0, 0.05) is 45.0 Å². The fraction of sp³-hybridized carbons (Fsp3) is 0.236. The topological polar surface area (TPSA) is 6.48 Å². The second kappa shape index (κ2) is 14.0. The molecule has 3 atom stereocenters. The highest BCUT2D eigenvalue weighted by Crippen LogP contribution is 2.61. The Labute approximate surface area is 338 Å². The second-order valence-corrected chi connectivity index (χ2v) is 17.2. The van der Waals surface area contributed by atoms with Crippen LogP contribution in [0.4, 0.5) is 34.1 Å². The van der Waals surface area contributed by atoms with Gasteiger partial charge in [-0.05, 0) is 150 Å². The van der Waals surface area contributed by atoms with Crippen LogP contribution in [0, 0.1) is 11.8 Å². The minimum Gasteiger partial charge on any atom is -0.311 e. The Kier molecular flexibility index (Phi) is 8.42. The van der Waals surface area contributed by atoms with Crippen molar-refractivity contribution in [1.29, 1.82) is 0 Å². The van der Waals surface area contributed by atoms with Gasteiger partial charge in [-0.3, -0.25) is 0 Å². The van der Waals surface area contributed by atoms with Gasteiger partial charge in [-0.2, -0.15) is 0 Å². The molecule has 7 aromatic rings. The molecule has 2 heteroatoms. The molecule has 2 bridgehead atoms. The molecular weight excluding hydrogens is 689 g/mol. The lowest BCUT2D eigenvalue weighted by molar-refractivity contribution is 0.320. The summed E-state index contributed by atoms with van der Waals surface area (Å²) in [5.74, 6) is 1.45. The van der Waals surface area contributed by atoms with Gasteiger partial charge in [-0.15, -0.1) is 0 Å². The minimum absolute atomic E-state index is 0.0213. The minimum atomic E-state index is 0.0213. The Morgan fingerprint density at radius 1 is 0.404 bits per heavy atom. The Morgan fingerprint density at radius 3 is 1.40 bits per heavy atom. The lowest BCUT2D eigenvalue weighted by Crippen LogP contribution is -2.34. The standard InChI is InChI=1S/C55H50N2/c1-5-15-44(16-6-1)56(45-17-7-2-8-18-45)47-29-25-41(26-30-47)55(39-40-23-24-43(55)37-40)42-27-31-48(32-28-42)57(46-19-9-3-10-20-46)49-33-34-53-51(38-49)50-21-11-12-22-52(50)54(53)35-13-4-14-36-54/h1-3,5-12,15-22,25-34,38,40,43H,4,13-14,23-24,35-37,39H2. The summed E-state index contributed by atoms with van der Waals surface area (Å²) in [6.45, 7) is 0. The number of anilines is 6. The summed E-state index contributed by atoms with van der Waals surface area (Å²) in [4.78, 5) is 4.85. The van der Waals surface area contributed by atoms with E-state index < -0.39 is 0 Å². The largest absolute Gasteiger partial charge is 0.311 e. The van der Waals surface area contributed by atoms with E-state index in [0.717, 1.165) is 5.92 Å². The number of hydrogen-bond donors (Lipinski definition) is 0. The quantitative estimate of drug-likeness (QED) is 0.153. The van der Waals surface area contributed by atoms with Crippen molar-refractivity contribution in [3.8, 4) is 11.1 Å². The molecular formula is C55H50N2. The van der Waals surface area contributed by atoms with Crippen LogP contribution < -0.4 is 9.80 Å². The fourth-order valence-electron chi connectivity index (χ4n) is 11.9. The van der Waals surface area contributed by atoms with E-state index in [4.69, 9.17) is 0 Å². The highest BCUT2D eigenvalue weighted by Gasteiger charge is 2.53. The highest BCUT2D eigenvalue weighted by atomic mass is 15.1. The highest BCUT2D eigenvalue weighted by molar-refractivity contribution is 5.87. The predicted molar refractivity (Wildman–Crippen MR) is 238 cm³/mol. The maximum Gasteiger partial charge on any atom is 0.0468 e. The number of fused-ring (bicyclic) bond motifs is 7. The number of rotatable bonds is 8. The van der Waals surface area contributed by atoms with Gasteiger partial charge in [-0.1, -0.05) is 135 Å². The van der Waals surface area contributed by atoms with Gasteiger partial charge in [0.2, 0.25) is 0 Å². The molecule has 11 rings (SSSR count). The molecule has 4 aliphatic carbocycles. The molecule has 280 valence electrons. The molecule has 3 fully saturated rings. The van der Waals surface area contributed by atoms with E-state index >= 15 is 0 Å². The lowest BCUT2D eigenvalue weighted by Gasteiger charge is -2.40. The van der Waals surface area contributed by atoms with Crippen LogP contribution >= 0.6 is 0 Å². The SMILES string of the molecule is c1ccc(N(c2ccccc2)c2ccc(C3(c4ccc(N(c5ccccc5)c5ccc6c(c5)-c5ccccc5C65CCCCC5)cc4)CC4CCC3C4)cc2)cc1. The first-order valence-electron chi connectivity index (χ1n) is 21.4. The van der Waals surface area contributed by atoms with Crippen LogP contribution in [0.15, 0.2) is 182 Å².